The van der Waals surface area contributed by atoms with Crippen molar-refractivity contribution in [3.05, 3.63) is 23.1 Å². The molecule has 0 radical (unpaired) electrons. The van der Waals surface area contributed by atoms with Crippen LogP contribution in [0.3, 0.4) is 0 Å². The lowest BCUT2D eigenvalue weighted by Gasteiger charge is -2.10. The summed E-state index contributed by atoms with van der Waals surface area (Å²) in [6.45, 7) is 6.23. The van der Waals surface area contributed by atoms with Crippen LogP contribution < -0.4 is 0 Å². The van der Waals surface area contributed by atoms with E-state index in [1.807, 2.05) is 20.8 Å². The minimum absolute atomic E-state index is 0.0214. The van der Waals surface area contributed by atoms with E-state index in [-0.39, 0.29) is 23.6 Å². The number of carbonyl (C=O) groups is 1. The first-order chi connectivity index (χ1) is 9.86. The monoisotopic (exact) mass is 291 g/mol. The van der Waals surface area contributed by atoms with Gasteiger partial charge in [-0.05, 0) is 12.8 Å². The molecule has 2 aromatic rings. The number of aromatic carboxylic acids is 1. The van der Waals surface area contributed by atoms with E-state index < -0.39 is 5.97 Å². The van der Waals surface area contributed by atoms with Crippen molar-refractivity contribution in [1.82, 2.24) is 25.1 Å². The molecule has 8 nitrogen and oxygen atoms in total. The van der Waals surface area contributed by atoms with E-state index in [1.165, 1.54) is 0 Å². The lowest BCUT2D eigenvalue weighted by Crippen LogP contribution is -2.14. The number of carboxylic acid groups (broad SMARTS) is 1. The largest absolute Gasteiger partial charge is 0.476 e. The molecule has 1 aliphatic carbocycles. The van der Waals surface area contributed by atoms with E-state index in [0.29, 0.717) is 17.4 Å². The number of carboxylic acids is 1. The number of aromatic nitrogens is 5. The molecular formula is C13H17N5O3. The van der Waals surface area contributed by atoms with E-state index in [1.54, 1.807) is 4.68 Å². The summed E-state index contributed by atoms with van der Waals surface area (Å²) in [6.07, 6.45) is 1.93. The zero-order valence-corrected chi connectivity index (χ0v) is 12.2. The fraction of sp³-hybridized carbons (Fsp3) is 0.615. The van der Waals surface area contributed by atoms with Crippen LogP contribution in [-0.4, -0.2) is 36.2 Å². The topological polar surface area (TPSA) is 107 Å². The van der Waals surface area contributed by atoms with Crippen LogP contribution in [-0.2, 0) is 12.0 Å². The van der Waals surface area contributed by atoms with Gasteiger partial charge >= 0.3 is 5.97 Å². The zero-order chi connectivity index (χ0) is 15.2. The summed E-state index contributed by atoms with van der Waals surface area (Å²) in [6, 6.07) is 0. The first kappa shape index (κ1) is 13.7. The van der Waals surface area contributed by atoms with Gasteiger partial charge in [-0.15, -0.1) is 5.10 Å². The molecule has 112 valence electrons. The summed E-state index contributed by atoms with van der Waals surface area (Å²) in [7, 11) is 0. The van der Waals surface area contributed by atoms with Crippen molar-refractivity contribution in [3.8, 4) is 0 Å². The van der Waals surface area contributed by atoms with Crippen molar-refractivity contribution in [3.63, 3.8) is 0 Å². The maximum Gasteiger partial charge on any atom is 0.358 e. The van der Waals surface area contributed by atoms with Crippen molar-refractivity contribution in [1.29, 1.82) is 0 Å². The highest BCUT2D eigenvalue weighted by molar-refractivity contribution is 5.86. The minimum atomic E-state index is -1.05. The van der Waals surface area contributed by atoms with Crippen LogP contribution in [0, 0.1) is 0 Å². The molecule has 1 N–H and O–H groups in total. The van der Waals surface area contributed by atoms with Gasteiger partial charge in [-0.25, -0.2) is 9.48 Å². The van der Waals surface area contributed by atoms with E-state index in [9.17, 15) is 4.79 Å². The quantitative estimate of drug-likeness (QED) is 0.911. The second kappa shape index (κ2) is 4.64. The molecule has 1 aliphatic rings. The molecule has 0 aliphatic heterocycles. The molecule has 0 amide bonds. The SMILES string of the molecule is CC(C)(C)c1noc(Cn2nnc(C(=O)O)c2C2CC2)n1. The Balaban J connectivity index is 1.88. The molecule has 0 saturated heterocycles. The molecular weight excluding hydrogens is 274 g/mol. The second-order valence-corrected chi connectivity index (χ2v) is 6.32. The number of nitrogens with zero attached hydrogens (tertiary/aromatic N) is 5. The highest BCUT2D eigenvalue weighted by atomic mass is 16.5. The van der Waals surface area contributed by atoms with E-state index >= 15 is 0 Å². The molecule has 2 heterocycles. The fourth-order valence-corrected chi connectivity index (χ4v) is 2.10. The first-order valence-corrected chi connectivity index (χ1v) is 6.86. The molecule has 0 spiro atoms. The zero-order valence-electron chi connectivity index (χ0n) is 12.2. The van der Waals surface area contributed by atoms with Gasteiger partial charge in [0.05, 0.1) is 5.69 Å². The number of rotatable bonds is 4. The summed E-state index contributed by atoms with van der Waals surface area (Å²) in [5.74, 6) is 0.188. The average molecular weight is 291 g/mol. The van der Waals surface area contributed by atoms with Crippen molar-refractivity contribution >= 4 is 5.97 Å². The molecule has 0 bridgehead atoms. The van der Waals surface area contributed by atoms with Crippen molar-refractivity contribution in [2.45, 2.75) is 51.5 Å². The Hall–Kier alpha value is -2.25. The Morgan fingerprint density at radius 2 is 2.14 bits per heavy atom. The summed E-state index contributed by atoms with van der Waals surface area (Å²) in [4.78, 5) is 15.5. The summed E-state index contributed by atoms with van der Waals surface area (Å²) in [5.41, 5.74) is 0.474. The van der Waals surface area contributed by atoms with Gasteiger partial charge in [0.15, 0.2) is 11.5 Å². The Bertz CT molecular complexity index is 678. The third-order valence-electron chi connectivity index (χ3n) is 3.36. The van der Waals surface area contributed by atoms with Crippen LogP contribution in [0.25, 0.3) is 0 Å². The van der Waals surface area contributed by atoms with Gasteiger partial charge in [-0.1, -0.05) is 31.1 Å². The molecule has 0 unspecified atom stereocenters. The highest BCUT2D eigenvalue weighted by Gasteiger charge is 2.34. The van der Waals surface area contributed by atoms with Crippen LogP contribution in [0.15, 0.2) is 4.52 Å². The van der Waals surface area contributed by atoms with E-state index in [0.717, 1.165) is 12.8 Å². The van der Waals surface area contributed by atoms with Crippen LogP contribution in [0.1, 0.15) is 67.4 Å². The lowest BCUT2D eigenvalue weighted by molar-refractivity contribution is 0.0689. The molecule has 3 rings (SSSR count). The predicted molar refractivity (Wildman–Crippen MR) is 71.1 cm³/mol. The summed E-state index contributed by atoms with van der Waals surface area (Å²) < 4.78 is 6.78. The van der Waals surface area contributed by atoms with Crippen LogP contribution in [0.2, 0.25) is 0 Å². The van der Waals surface area contributed by atoms with Gasteiger partial charge in [0.25, 0.3) is 0 Å². The van der Waals surface area contributed by atoms with Crippen LogP contribution in [0.4, 0.5) is 0 Å². The standard InChI is InChI=1S/C13H17N5O3/c1-13(2,3)12-14-8(21-16-12)6-18-10(7-4-5-7)9(11(19)20)15-17-18/h7H,4-6H2,1-3H3,(H,19,20). The summed E-state index contributed by atoms with van der Waals surface area (Å²) in [5, 5.41) is 20.8. The predicted octanol–water partition coefficient (Wildman–Crippen LogP) is 1.58. The molecule has 1 saturated carbocycles. The first-order valence-electron chi connectivity index (χ1n) is 6.86. The Labute approximate surface area is 121 Å². The van der Waals surface area contributed by atoms with Crippen LogP contribution in [0.5, 0.6) is 0 Å². The third-order valence-corrected chi connectivity index (χ3v) is 3.36. The third kappa shape index (κ3) is 2.65. The maximum atomic E-state index is 11.2. The molecule has 1 fully saturated rings. The van der Waals surface area contributed by atoms with Gasteiger partial charge in [-0.3, -0.25) is 0 Å². The Morgan fingerprint density at radius 3 is 2.67 bits per heavy atom. The summed E-state index contributed by atoms with van der Waals surface area (Å²) >= 11 is 0. The fourth-order valence-electron chi connectivity index (χ4n) is 2.10. The maximum absolute atomic E-state index is 11.2. The smallest absolute Gasteiger partial charge is 0.358 e. The van der Waals surface area contributed by atoms with Gasteiger partial charge in [0, 0.05) is 11.3 Å². The second-order valence-electron chi connectivity index (χ2n) is 6.32. The van der Waals surface area contributed by atoms with Gasteiger partial charge in [-0.2, -0.15) is 4.98 Å². The van der Waals surface area contributed by atoms with Gasteiger partial charge in [0.2, 0.25) is 5.89 Å². The molecule has 21 heavy (non-hydrogen) atoms. The van der Waals surface area contributed by atoms with Crippen molar-refractivity contribution in [2.75, 3.05) is 0 Å². The molecule has 8 heteroatoms. The average Bonchev–Trinajstić information content (AvgIpc) is 2.95. The number of hydrogen-bond acceptors (Lipinski definition) is 6. The molecule has 0 aromatic carbocycles. The Kier molecular flexibility index (Phi) is 3.03. The van der Waals surface area contributed by atoms with Crippen molar-refractivity contribution < 1.29 is 14.4 Å². The van der Waals surface area contributed by atoms with E-state index in [2.05, 4.69) is 20.5 Å². The molecule has 2 aromatic heterocycles. The molecule has 0 atom stereocenters. The van der Waals surface area contributed by atoms with E-state index in [4.69, 9.17) is 9.63 Å². The van der Waals surface area contributed by atoms with Crippen LogP contribution >= 0.6 is 0 Å². The Morgan fingerprint density at radius 1 is 1.43 bits per heavy atom. The normalized spacial score (nSPS) is 15.4. The van der Waals surface area contributed by atoms with Crippen molar-refractivity contribution in [2.24, 2.45) is 0 Å². The van der Waals surface area contributed by atoms with Gasteiger partial charge in [0.1, 0.15) is 6.54 Å². The minimum Gasteiger partial charge on any atom is -0.476 e. The number of hydrogen-bond donors (Lipinski definition) is 1. The lowest BCUT2D eigenvalue weighted by atomic mass is 9.96. The van der Waals surface area contributed by atoms with Gasteiger partial charge < -0.3 is 9.63 Å². The highest BCUT2D eigenvalue weighted by Crippen LogP contribution is 2.41.